The van der Waals surface area contributed by atoms with Crippen molar-refractivity contribution in [3.8, 4) is 0 Å². The smallest absolute Gasteiger partial charge is 0.314 e. The molecule has 0 unspecified atom stereocenters. The average Bonchev–Trinajstić information content (AvgIpc) is 2.79. The van der Waals surface area contributed by atoms with Crippen LogP contribution in [0.3, 0.4) is 0 Å². The van der Waals surface area contributed by atoms with E-state index >= 15 is 0 Å². The first-order chi connectivity index (χ1) is 6.19. The van der Waals surface area contributed by atoms with E-state index < -0.39 is 11.4 Å². The molecule has 70 valence electrons. The number of hydrogen-bond donors (Lipinski definition) is 1. The molecule has 1 aliphatic carbocycles. The fourth-order valence-electron chi connectivity index (χ4n) is 1.57. The normalized spacial score (nSPS) is 18.5. The van der Waals surface area contributed by atoms with E-state index in [1.807, 2.05) is 13.0 Å². The molecule has 0 radical (unpaired) electrons. The summed E-state index contributed by atoms with van der Waals surface area (Å²) in [6, 6.07) is 1.86. The number of hydrogen-bond acceptors (Lipinski definition) is 2. The van der Waals surface area contributed by atoms with Crippen molar-refractivity contribution in [1.82, 2.24) is 0 Å². The second-order valence-corrected chi connectivity index (χ2v) is 3.54. The number of aliphatic carboxylic acids is 1. The van der Waals surface area contributed by atoms with E-state index in [2.05, 4.69) is 0 Å². The van der Waals surface area contributed by atoms with Gasteiger partial charge in [-0.2, -0.15) is 0 Å². The van der Waals surface area contributed by atoms with Crippen LogP contribution < -0.4 is 0 Å². The van der Waals surface area contributed by atoms with Crippen molar-refractivity contribution in [3.05, 3.63) is 23.7 Å². The quantitative estimate of drug-likeness (QED) is 0.773. The van der Waals surface area contributed by atoms with Crippen LogP contribution >= 0.6 is 0 Å². The molecule has 3 nitrogen and oxygen atoms in total. The van der Waals surface area contributed by atoms with Crippen LogP contribution in [0, 0.1) is 0 Å². The monoisotopic (exact) mass is 180 g/mol. The number of rotatable bonds is 3. The van der Waals surface area contributed by atoms with Crippen molar-refractivity contribution in [3.63, 3.8) is 0 Å². The summed E-state index contributed by atoms with van der Waals surface area (Å²) >= 11 is 0. The maximum atomic E-state index is 10.9. The Balaban J connectivity index is 2.30. The summed E-state index contributed by atoms with van der Waals surface area (Å²) < 4.78 is 5.23. The van der Waals surface area contributed by atoms with Crippen molar-refractivity contribution < 1.29 is 14.3 Å². The summed E-state index contributed by atoms with van der Waals surface area (Å²) in [5.74, 6) is 0.137. The minimum absolute atomic E-state index is 0.614. The van der Waals surface area contributed by atoms with Gasteiger partial charge in [-0.05, 0) is 18.9 Å². The molecule has 0 saturated heterocycles. The SMILES string of the molecule is CCc1cc(C2(C(=O)O)CC2)co1. The van der Waals surface area contributed by atoms with E-state index in [1.165, 1.54) is 0 Å². The summed E-state index contributed by atoms with van der Waals surface area (Å²) in [6.45, 7) is 1.99. The van der Waals surface area contributed by atoms with Crippen molar-refractivity contribution in [2.75, 3.05) is 0 Å². The molecule has 1 N–H and O–H groups in total. The third-order valence-corrected chi connectivity index (χ3v) is 2.71. The highest BCUT2D eigenvalue weighted by Crippen LogP contribution is 2.48. The van der Waals surface area contributed by atoms with Crippen LogP contribution in [0.15, 0.2) is 16.7 Å². The number of aryl methyl sites for hydroxylation is 1. The zero-order valence-electron chi connectivity index (χ0n) is 7.54. The van der Waals surface area contributed by atoms with E-state index in [9.17, 15) is 4.79 Å². The van der Waals surface area contributed by atoms with Crippen molar-refractivity contribution in [2.45, 2.75) is 31.6 Å². The lowest BCUT2D eigenvalue weighted by Gasteiger charge is -2.04. The van der Waals surface area contributed by atoms with Gasteiger partial charge in [0.05, 0.1) is 11.7 Å². The summed E-state index contributed by atoms with van der Waals surface area (Å²) in [4.78, 5) is 10.9. The summed E-state index contributed by atoms with van der Waals surface area (Å²) in [5, 5.41) is 9.00. The number of carboxylic acids is 1. The molecule has 2 rings (SSSR count). The highest BCUT2D eigenvalue weighted by atomic mass is 16.4. The zero-order chi connectivity index (χ0) is 9.47. The van der Waals surface area contributed by atoms with Gasteiger partial charge in [-0.1, -0.05) is 6.92 Å². The second kappa shape index (κ2) is 2.62. The van der Waals surface area contributed by atoms with Gasteiger partial charge in [0.25, 0.3) is 0 Å². The van der Waals surface area contributed by atoms with Gasteiger partial charge in [0, 0.05) is 12.0 Å². The minimum atomic E-state index is -0.726. The van der Waals surface area contributed by atoms with Crippen LogP contribution in [0.1, 0.15) is 31.1 Å². The number of furan rings is 1. The van der Waals surface area contributed by atoms with E-state index in [1.54, 1.807) is 6.26 Å². The Morgan fingerprint density at radius 2 is 2.38 bits per heavy atom. The molecule has 1 aromatic heterocycles. The van der Waals surface area contributed by atoms with Crippen molar-refractivity contribution >= 4 is 5.97 Å². The van der Waals surface area contributed by atoms with Gasteiger partial charge in [0.2, 0.25) is 0 Å². The predicted molar refractivity (Wildman–Crippen MR) is 46.6 cm³/mol. The Morgan fingerprint density at radius 1 is 1.69 bits per heavy atom. The van der Waals surface area contributed by atoms with E-state index in [0.717, 1.165) is 30.6 Å². The van der Waals surface area contributed by atoms with Gasteiger partial charge in [0.1, 0.15) is 5.76 Å². The van der Waals surface area contributed by atoms with E-state index in [0.29, 0.717) is 0 Å². The minimum Gasteiger partial charge on any atom is -0.481 e. The largest absolute Gasteiger partial charge is 0.481 e. The first-order valence-electron chi connectivity index (χ1n) is 4.50. The van der Waals surface area contributed by atoms with E-state index in [-0.39, 0.29) is 0 Å². The van der Waals surface area contributed by atoms with Gasteiger partial charge in [0.15, 0.2) is 0 Å². The lowest BCUT2D eigenvalue weighted by Crippen LogP contribution is -2.18. The number of carbonyl (C=O) groups is 1. The average molecular weight is 180 g/mol. The Kier molecular flexibility index (Phi) is 1.68. The van der Waals surface area contributed by atoms with Gasteiger partial charge >= 0.3 is 5.97 Å². The Morgan fingerprint density at radius 3 is 2.77 bits per heavy atom. The Labute approximate surface area is 76.4 Å². The molecule has 0 bridgehead atoms. The van der Waals surface area contributed by atoms with Gasteiger partial charge in [-0.25, -0.2) is 0 Å². The summed E-state index contributed by atoms with van der Waals surface area (Å²) in [7, 11) is 0. The standard InChI is InChI=1S/C10H12O3/c1-2-8-5-7(6-13-8)10(3-4-10)9(11)12/h5-6H,2-4H2,1H3,(H,11,12). The van der Waals surface area contributed by atoms with Gasteiger partial charge in [-0.15, -0.1) is 0 Å². The van der Waals surface area contributed by atoms with Crippen LogP contribution in [0.5, 0.6) is 0 Å². The lowest BCUT2D eigenvalue weighted by molar-refractivity contribution is -0.140. The summed E-state index contributed by atoms with van der Waals surface area (Å²) in [6.07, 6.45) is 3.88. The molecule has 3 heteroatoms. The topological polar surface area (TPSA) is 50.4 Å². The Hall–Kier alpha value is -1.25. The third-order valence-electron chi connectivity index (χ3n) is 2.71. The molecule has 0 atom stereocenters. The first-order valence-corrected chi connectivity index (χ1v) is 4.50. The van der Waals surface area contributed by atoms with Crippen LogP contribution in [-0.4, -0.2) is 11.1 Å². The maximum Gasteiger partial charge on any atom is 0.314 e. The molecule has 1 aromatic rings. The third kappa shape index (κ3) is 1.15. The van der Waals surface area contributed by atoms with Crippen LogP contribution in [0.2, 0.25) is 0 Å². The lowest BCUT2D eigenvalue weighted by atomic mass is 9.99. The van der Waals surface area contributed by atoms with Gasteiger partial charge in [-0.3, -0.25) is 4.79 Å². The Bertz CT molecular complexity index is 334. The molecule has 1 saturated carbocycles. The molecule has 0 amide bonds. The maximum absolute atomic E-state index is 10.9. The highest BCUT2D eigenvalue weighted by molar-refractivity contribution is 5.84. The van der Waals surface area contributed by atoms with Crippen LogP contribution in [0.25, 0.3) is 0 Å². The van der Waals surface area contributed by atoms with Crippen LogP contribution in [-0.2, 0) is 16.6 Å². The molecular formula is C10H12O3. The second-order valence-electron chi connectivity index (χ2n) is 3.54. The van der Waals surface area contributed by atoms with E-state index in [4.69, 9.17) is 9.52 Å². The molecule has 0 aliphatic heterocycles. The highest BCUT2D eigenvalue weighted by Gasteiger charge is 2.52. The molecule has 1 aliphatic rings. The zero-order valence-corrected chi connectivity index (χ0v) is 7.54. The van der Waals surface area contributed by atoms with Gasteiger partial charge < -0.3 is 9.52 Å². The molecule has 1 fully saturated rings. The first kappa shape index (κ1) is 8.35. The molecule has 0 spiro atoms. The molecule has 0 aromatic carbocycles. The summed E-state index contributed by atoms with van der Waals surface area (Å²) in [5.41, 5.74) is 0.216. The van der Waals surface area contributed by atoms with Crippen molar-refractivity contribution in [2.24, 2.45) is 0 Å². The fraction of sp³-hybridized carbons (Fsp3) is 0.500. The molecule has 1 heterocycles. The fourth-order valence-corrected chi connectivity index (χ4v) is 1.57. The van der Waals surface area contributed by atoms with Crippen molar-refractivity contribution in [1.29, 1.82) is 0 Å². The molecule has 13 heavy (non-hydrogen) atoms. The predicted octanol–water partition coefficient (Wildman–Crippen LogP) is 1.96. The molecular weight excluding hydrogens is 168 g/mol. The van der Waals surface area contributed by atoms with Crippen LogP contribution in [0.4, 0.5) is 0 Å². The number of carboxylic acid groups (broad SMARTS) is 1.